The lowest BCUT2D eigenvalue weighted by Gasteiger charge is -2.23. The molecule has 178 valence electrons. The van der Waals surface area contributed by atoms with Gasteiger partial charge in [-0.2, -0.15) is 0 Å². The van der Waals surface area contributed by atoms with E-state index in [4.69, 9.17) is 14.7 Å². The molecule has 0 bridgehead atoms. The van der Waals surface area contributed by atoms with Crippen LogP contribution in [0.3, 0.4) is 0 Å². The van der Waals surface area contributed by atoms with E-state index >= 15 is 0 Å². The number of carbonyl (C=O) groups excluding carboxylic acids is 1. The smallest absolute Gasteiger partial charge is 0.322 e. The Bertz CT molecular complexity index is 1220. The number of hydrogen-bond donors (Lipinski definition) is 3. The van der Waals surface area contributed by atoms with Crippen molar-refractivity contribution < 1.29 is 14.1 Å². The summed E-state index contributed by atoms with van der Waals surface area (Å²) in [7, 11) is 4.14. The lowest BCUT2D eigenvalue weighted by atomic mass is 9.93. The Hall–Kier alpha value is -2.92. The van der Waals surface area contributed by atoms with Crippen LogP contribution in [0.25, 0.3) is 10.3 Å². The predicted octanol–water partition coefficient (Wildman–Crippen LogP) is 3.68. The van der Waals surface area contributed by atoms with E-state index in [0.29, 0.717) is 28.9 Å². The van der Waals surface area contributed by atoms with Gasteiger partial charge >= 0.3 is 6.03 Å². The maximum absolute atomic E-state index is 12.5. The van der Waals surface area contributed by atoms with E-state index in [9.17, 15) is 4.79 Å². The van der Waals surface area contributed by atoms with Crippen molar-refractivity contribution in [1.82, 2.24) is 24.9 Å². The molecule has 0 spiro atoms. The number of anilines is 1. The summed E-state index contributed by atoms with van der Waals surface area (Å²) < 4.78 is 13.0. The molecule has 1 fully saturated rings. The quantitative estimate of drug-likeness (QED) is 0.481. The van der Waals surface area contributed by atoms with Crippen LogP contribution in [0.5, 0.6) is 5.88 Å². The number of aromatic nitrogens is 3. The molecule has 1 aliphatic rings. The number of ether oxygens (including phenoxy) is 1. The molecule has 4 rings (SSSR count). The Labute approximate surface area is 196 Å². The summed E-state index contributed by atoms with van der Waals surface area (Å²) >= 11 is 1.24. The summed E-state index contributed by atoms with van der Waals surface area (Å²) in [5.41, 5.74) is 0.662. The third kappa shape index (κ3) is 4.88. The van der Waals surface area contributed by atoms with Crippen LogP contribution < -0.4 is 20.2 Å². The molecule has 3 heterocycles. The molecule has 1 saturated carbocycles. The highest BCUT2D eigenvalue weighted by Crippen LogP contribution is 2.40. The van der Waals surface area contributed by atoms with Crippen molar-refractivity contribution in [2.45, 2.75) is 57.7 Å². The van der Waals surface area contributed by atoms with Gasteiger partial charge in [0, 0.05) is 17.5 Å². The highest BCUT2D eigenvalue weighted by atomic mass is 32.1. The van der Waals surface area contributed by atoms with Gasteiger partial charge in [-0.1, -0.05) is 37.3 Å². The Morgan fingerprint density at radius 2 is 2.12 bits per heavy atom. The van der Waals surface area contributed by atoms with Crippen LogP contribution in [0.1, 0.15) is 52.5 Å². The molecule has 0 saturated heterocycles. The first-order chi connectivity index (χ1) is 15.5. The molecule has 3 aromatic heterocycles. The molecule has 3 aromatic rings. The Kier molecular flexibility index (Phi) is 5.95. The van der Waals surface area contributed by atoms with Gasteiger partial charge < -0.3 is 19.5 Å². The molecular formula is C22H31N7O3S. The number of pyridine rings is 1. The first-order valence-corrected chi connectivity index (χ1v) is 11.7. The van der Waals surface area contributed by atoms with E-state index in [1.165, 1.54) is 11.3 Å². The number of fused-ring (bicyclic) bond motifs is 1. The van der Waals surface area contributed by atoms with E-state index in [0.717, 1.165) is 18.4 Å². The first kappa shape index (κ1) is 23.2. The minimum absolute atomic E-state index is 0.107. The maximum atomic E-state index is 12.5. The first-order valence-electron chi connectivity index (χ1n) is 10.9. The number of likely N-dealkylation sites (N-methyl/N-ethyl adjacent to an activating group) is 1. The molecule has 10 nitrogen and oxygen atoms in total. The molecule has 11 heteroatoms. The van der Waals surface area contributed by atoms with Gasteiger partial charge in [0.25, 0.3) is 0 Å². The maximum Gasteiger partial charge on any atom is 0.322 e. The highest BCUT2D eigenvalue weighted by molar-refractivity contribution is 7.15. The van der Waals surface area contributed by atoms with Crippen LogP contribution in [0.15, 0.2) is 22.7 Å². The van der Waals surface area contributed by atoms with Gasteiger partial charge in [-0.05, 0) is 39.9 Å². The van der Waals surface area contributed by atoms with Crippen molar-refractivity contribution in [2.75, 3.05) is 26.0 Å². The average Bonchev–Trinajstić information content (AvgIpc) is 3.24. The zero-order valence-corrected chi connectivity index (χ0v) is 20.7. The Morgan fingerprint density at radius 3 is 2.73 bits per heavy atom. The van der Waals surface area contributed by atoms with Gasteiger partial charge in [-0.15, -0.1) is 0 Å². The second-order valence-electron chi connectivity index (χ2n) is 9.76. The number of hydrogen-bond acceptors (Lipinski definition) is 8. The minimum Gasteiger partial charge on any atom is -0.476 e. The predicted molar refractivity (Wildman–Crippen MR) is 127 cm³/mol. The minimum atomic E-state index is -0.475. The largest absolute Gasteiger partial charge is 0.476 e. The lowest BCUT2D eigenvalue weighted by Crippen LogP contribution is -2.37. The molecular weight excluding hydrogens is 442 g/mol. The van der Waals surface area contributed by atoms with Crippen LogP contribution in [-0.4, -0.2) is 51.9 Å². The van der Waals surface area contributed by atoms with Gasteiger partial charge in [0.1, 0.15) is 23.4 Å². The average molecular weight is 474 g/mol. The Balaban J connectivity index is 1.44. The number of amides is 2. The van der Waals surface area contributed by atoms with Gasteiger partial charge in [0.2, 0.25) is 5.88 Å². The summed E-state index contributed by atoms with van der Waals surface area (Å²) in [4.78, 5) is 20.3. The highest BCUT2D eigenvalue weighted by Gasteiger charge is 2.45. The normalized spacial score (nSPS) is 16.1. The van der Waals surface area contributed by atoms with Crippen molar-refractivity contribution in [1.29, 1.82) is 5.41 Å². The summed E-state index contributed by atoms with van der Waals surface area (Å²) in [6.45, 7) is 8.42. The summed E-state index contributed by atoms with van der Waals surface area (Å²) in [5.74, 6) is 1.56. The molecule has 2 amide bonds. The number of thiazole rings is 1. The lowest BCUT2D eigenvalue weighted by molar-refractivity contribution is 0.163. The van der Waals surface area contributed by atoms with Gasteiger partial charge in [0.15, 0.2) is 10.6 Å². The standard InChI is InChI=1S/C22H31N7O3S/c1-13(24-20(30)25-16-11-15(32-27-16)21(2,3)4)29-14-7-8-17(26-18(14)33-19(29)23)31-12-22(9-10-22)28(5)6/h7-8,11,13,23H,9-10,12H2,1-6H3,(H2,24,25,27,30). The van der Waals surface area contributed by atoms with Crippen molar-refractivity contribution in [3.63, 3.8) is 0 Å². The number of carbonyl (C=O) groups is 1. The fourth-order valence-electron chi connectivity index (χ4n) is 3.56. The fourth-order valence-corrected chi connectivity index (χ4v) is 4.50. The van der Waals surface area contributed by atoms with Crippen LogP contribution in [0.4, 0.5) is 10.6 Å². The van der Waals surface area contributed by atoms with Crippen LogP contribution >= 0.6 is 11.3 Å². The second kappa shape index (κ2) is 8.45. The van der Waals surface area contributed by atoms with Gasteiger partial charge in [0.05, 0.1) is 11.1 Å². The second-order valence-corrected chi connectivity index (χ2v) is 10.7. The zero-order valence-electron chi connectivity index (χ0n) is 19.9. The van der Waals surface area contributed by atoms with E-state index in [-0.39, 0.29) is 15.8 Å². The van der Waals surface area contributed by atoms with E-state index in [2.05, 4.69) is 39.8 Å². The molecule has 1 aliphatic carbocycles. The van der Waals surface area contributed by atoms with Crippen molar-refractivity contribution in [2.24, 2.45) is 0 Å². The zero-order chi connectivity index (χ0) is 24.0. The summed E-state index contributed by atoms with van der Waals surface area (Å²) in [5, 5.41) is 17.8. The van der Waals surface area contributed by atoms with Crippen molar-refractivity contribution in [3.8, 4) is 5.88 Å². The monoisotopic (exact) mass is 473 g/mol. The summed E-state index contributed by atoms with van der Waals surface area (Å²) in [6.07, 6.45) is 1.77. The van der Waals surface area contributed by atoms with E-state index in [1.807, 2.05) is 39.8 Å². The van der Waals surface area contributed by atoms with Crippen LogP contribution in [-0.2, 0) is 5.41 Å². The third-order valence-corrected chi connectivity index (χ3v) is 6.85. The molecule has 1 unspecified atom stereocenters. The number of nitrogens with zero attached hydrogens (tertiary/aromatic N) is 4. The molecule has 33 heavy (non-hydrogen) atoms. The number of rotatable bonds is 7. The van der Waals surface area contributed by atoms with Gasteiger partial charge in [-0.3, -0.25) is 15.3 Å². The van der Waals surface area contributed by atoms with Crippen molar-refractivity contribution in [3.05, 3.63) is 28.8 Å². The third-order valence-electron chi connectivity index (χ3n) is 5.97. The van der Waals surface area contributed by atoms with E-state index in [1.54, 1.807) is 10.6 Å². The van der Waals surface area contributed by atoms with Crippen LogP contribution in [0.2, 0.25) is 0 Å². The Morgan fingerprint density at radius 1 is 1.39 bits per heavy atom. The molecule has 0 radical (unpaired) electrons. The van der Waals surface area contributed by atoms with Crippen LogP contribution in [0, 0.1) is 5.41 Å². The number of urea groups is 1. The summed E-state index contributed by atoms with van der Waals surface area (Å²) in [6, 6.07) is 4.97. The number of nitrogens with one attached hydrogen (secondary N) is 3. The SMILES string of the molecule is CC(NC(=O)Nc1cc(C(C)(C)C)on1)n1c(=N)sc2nc(OCC3(N(C)C)CC3)ccc21. The topological polar surface area (TPSA) is 121 Å². The molecule has 3 N–H and O–H groups in total. The molecule has 0 aromatic carbocycles. The van der Waals surface area contributed by atoms with Crippen molar-refractivity contribution >= 4 is 33.5 Å². The van der Waals surface area contributed by atoms with E-state index < -0.39 is 12.2 Å². The molecule has 0 aliphatic heterocycles. The molecule has 1 atom stereocenters. The fraction of sp³-hybridized carbons (Fsp3) is 0.545. The van der Waals surface area contributed by atoms with Gasteiger partial charge in [-0.25, -0.2) is 9.78 Å².